The van der Waals surface area contributed by atoms with Gasteiger partial charge in [0.25, 0.3) is 5.22 Å². The van der Waals surface area contributed by atoms with E-state index in [4.69, 9.17) is 13.9 Å². The van der Waals surface area contributed by atoms with Crippen LogP contribution >= 0.6 is 11.8 Å². The number of nitrogens with zero attached hydrogens (tertiary/aromatic N) is 2. The predicted octanol–water partition coefficient (Wildman–Crippen LogP) is 5.34. The number of thioether (sulfide) groups is 1. The molecule has 0 saturated heterocycles. The number of aliphatic carboxylic acids is 1. The van der Waals surface area contributed by atoms with E-state index in [0.29, 0.717) is 29.6 Å². The lowest BCUT2D eigenvalue weighted by atomic mass is 10.1. The lowest BCUT2D eigenvalue weighted by Crippen LogP contribution is -1.99. The topological polar surface area (TPSA) is 94.7 Å². The molecule has 4 rings (SSSR count). The Balaban J connectivity index is 1.55. The van der Waals surface area contributed by atoms with E-state index < -0.39 is 5.97 Å². The number of aromatic nitrogens is 2. The predicted molar refractivity (Wildman–Crippen MR) is 122 cm³/mol. The molecule has 4 aromatic rings. The highest BCUT2D eigenvalue weighted by Crippen LogP contribution is 2.33. The van der Waals surface area contributed by atoms with Gasteiger partial charge >= 0.3 is 5.97 Å². The maximum absolute atomic E-state index is 11.7. The Hall–Kier alpha value is -3.78. The van der Waals surface area contributed by atoms with Crippen LogP contribution in [0, 0.1) is 6.92 Å². The molecule has 32 heavy (non-hydrogen) atoms. The number of hydrogen-bond acceptors (Lipinski definition) is 7. The Morgan fingerprint density at radius 2 is 1.91 bits per heavy atom. The largest absolute Gasteiger partial charge is 0.493 e. The number of rotatable bonds is 8. The zero-order valence-corrected chi connectivity index (χ0v) is 18.3. The number of carboxylic acid groups (broad SMARTS) is 1. The van der Waals surface area contributed by atoms with Gasteiger partial charge in [0, 0.05) is 6.92 Å². The Labute approximate surface area is 188 Å². The number of carboxylic acids is 1. The highest BCUT2D eigenvalue weighted by Gasteiger charge is 2.15. The summed E-state index contributed by atoms with van der Waals surface area (Å²) in [7, 11) is 1.54. The molecule has 1 aromatic heterocycles. The molecule has 0 radical (unpaired) electrons. The summed E-state index contributed by atoms with van der Waals surface area (Å²) in [6, 6.07) is 19.5. The lowest BCUT2D eigenvalue weighted by Gasteiger charge is -2.13. The van der Waals surface area contributed by atoms with Gasteiger partial charge in [-0.1, -0.05) is 48.5 Å². The van der Waals surface area contributed by atoms with Gasteiger partial charge in [-0.15, -0.1) is 10.2 Å². The normalized spacial score (nSPS) is 11.5. The summed E-state index contributed by atoms with van der Waals surface area (Å²) in [6.07, 6.45) is 1.52. The van der Waals surface area contributed by atoms with E-state index in [9.17, 15) is 9.90 Å². The van der Waals surface area contributed by atoms with Gasteiger partial charge < -0.3 is 19.0 Å². The molecule has 0 fully saturated rings. The van der Waals surface area contributed by atoms with Crippen molar-refractivity contribution in [3.05, 3.63) is 82.6 Å². The molecule has 8 heteroatoms. The Morgan fingerprint density at radius 1 is 1.09 bits per heavy atom. The Morgan fingerprint density at radius 3 is 2.66 bits per heavy atom. The maximum atomic E-state index is 11.7. The first kappa shape index (κ1) is 21.5. The molecule has 1 N–H and O–H groups in total. The van der Waals surface area contributed by atoms with Crippen molar-refractivity contribution in [3.63, 3.8) is 0 Å². The van der Waals surface area contributed by atoms with Gasteiger partial charge in [-0.3, -0.25) is 0 Å². The number of carbonyl (C=O) groups is 1. The van der Waals surface area contributed by atoms with Gasteiger partial charge in [-0.25, -0.2) is 4.79 Å². The minimum absolute atomic E-state index is 0.0418. The van der Waals surface area contributed by atoms with Gasteiger partial charge in [-0.2, -0.15) is 0 Å². The molecule has 0 aliphatic carbocycles. The number of methoxy groups -OCH3 is 1. The summed E-state index contributed by atoms with van der Waals surface area (Å²) < 4.78 is 16.8. The summed E-state index contributed by atoms with van der Waals surface area (Å²) in [5, 5.41) is 19.5. The fraction of sp³-hybridized carbons (Fsp3) is 0.125. The van der Waals surface area contributed by atoms with Crippen LogP contribution in [0.4, 0.5) is 0 Å². The fourth-order valence-corrected chi connectivity index (χ4v) is 3.88. The Kier molecular flexibility index (Phi) is 6.42. The van der Waals surface area contributed by atoms with Crippen molar-refractivity contribution in [3.8, 4) is 11.5 Å². The van der Waals surface area contributed by atoms with E-state index in [1.165, 1.54) is 6.08 Å². The molecular weight excluding hydrogens is 428 g/mol. The number of hydrogen-bond donors (Lipinski definition) is 1. The third kappa shape index (κ3) is 4.92. The van der Waals surface area contributed by atoms with Crippen molar-refractivity contribution in [1.29, 1.82) is 0 Å². The summed E-state index contributed by atoms with van der Waals surface area (Å²) in [4.78, 5) is 11.7. The molecule has 0 aliphatic heterocycles. The van der Waals surface area contributed by atoms with Crippen LogP contribution in [0.5, 0.6) is 11.5 Å². The van der Waals surface area contributed by atoms with E-state index in [0.717, 1.165) is 28.1 Å². The first-order valence-corrected chi connectivity index (χ1v) is 10.6. The zero-order chi connectivity index (χ0) is 22.5. The van der Waals surface area contributed by atoms with Gasteiger partial charge in [0.1, 0.15) is 11.5 Å². The molecule has 0 aliphatic rings. The number of ether oxygens (including phenoxy) is 2. The molecule has 3 aromatic carbocycles. The monoisotopic (exact) mass is 448 g/mol. The van der Waals surface area contributed by atoms with Crippen molar-refractivity contribution in [2.45, 2.75) is 18.8 Å². The molecule has 0 amide bonds. The lowest BCUT2D eigenvalue weighted by molar-refractivity contribution is -0.131. The second-order valence-corrected chi connectivity index (χ2v) is 7.83. The van der Waals surface area contributed by atoms with Crippen molar-refractivity contribution in [1.82, 2.24) is 10.2 Å². The fourth-order valence-electron chi connectivity index (χ4n) is 3.17. The summed E-state index contributed by atoms with van der Waals surface area (Å²) in [6.45, 7) is 2.02. The van der Waals surface area contributed by atoms with Crippen LogP contribution in [0.3, 0.4) is 0 Å². The molecule has 162 valence electrons. The molecule has 0 saturated carbocycles. The van der Waals surface area contributed by atoms with Crippen molar-refractivity contribution >= 4 is 34.6 Å². The van der Waals surface area contributed by atoms with Crippen LogP contribution in [0.1, 0.15) is 17.0 Å². The highest BCUT2D eigenvalue weighted by atomic mass is 32.2. The van der Waals surface area contributed by atoms with Crippen molar-refractivity contribution in [2.24, 2.45) is 0 Å². The minimum Gasteiger partial charge on any atom is -0.493 e. The quantitative estimate of drug-likeness (QED) is 0.285. The van der Waals surface area contributed by atoms with E-state index in [2.05, 4.69) is 28.4 Å². The molecule has 0 bridgehead atoms. The summed E-state index contributed by atoms with van der Waals surface area (Å²) in [5.41, 5.74) is 1.70. The molecule has 0 atom stereocenters. The van der Waals surface area contributed by atoms with Crippen LogP contribution in [-0.4, -0.2) is 28.4 Å². The third-order valence-corrected chi connectivity index (χ3v) is 5.52. The van der Waals surface area contributed by atoms with Crippen LogP contribution in [0.25, 0.3) is 16.8 Å². The van der Waals surface area contributed by atoms with Gasteiger partial charge in [0.05, 0.1) is 7.11 Å². The standard InChI is InChI=1S/C24H20N2O5S/c1-15-25-26-24(31-15)32-22(23(27)28)13-16-10-11-20(21(12-16)29-2)30-14-18-8-5-7-17-6-3-4-9-19(17)18/h3-13H,14H2,1-2H3,(H,27,28)/b22-13-. The second kappa shape index (κ2) is 9.57. The average molecular weight is 449 g/mol. The van der Waals surface area contributed by atoms with Crippen molar-refractivity contribution in [2.75, 3.05) is 7.11 Å². The minimum atomic E-state index is -1.10. The zero-order valence-electron chi connectivity index (χ0n) is 17.4. The first-order chi connectivity index (χ1) is 15.5. The van der Waals surface area contributed by atoms with E-state index in [-0.39, 0.29) is 10.1 Å². The van der Waals surface area contributed by atoms with Crippen LogP contribution in [0.2, 0.25) is 0 Å². The first-order valence-electron chi connectivity index (χ1n) is 9.74. The van der Waals surface area contributed by atoms with Gasteiger partial charge in [0.15, 0.2) is 11.5 Å². The third-order valence-electron chi connectivity index (χ3n) is 4.66. The SMILES string of the molecule is COc1cc(/C=C(\Sc2nnc(C)o2)C(=O)O)ccc1OCc1cccc2ccccc12. The van der Waals surface area contributed by atoms with Gasteiger partial charge in [-0.05, 0) is 51.9 Å². The van der Waals surface area contributed by atoms with E-state index in [1.807, 2.05) is 24.3 Å². The number of fused-ring (bicyclic) bond motifs is 1. The molecule has 0 unspecified atom stereocenters. The molecule has 0 spiro atoms. The van der Waals surface area contributed by atoms with Crippen molar-refractivity contribution < 1.29 is 23.8 Å². The summed E-state index contributed by atoms with van der Waals surface area (Å²) >= 11 is 0.888. The van der Waals surface area contributed by atoms with E-state index >= 15 is 0 Å². The van der Waals surface area contributed by atoms with E-state index in [1.54, 1.807) is 32.2 Å². The maximum Gasteiger partial charge on any atom is 0.342 e. The average Bonchev–Trinajstić information content (AvgIpc) is 3.22. The number of aryl methyl sites for hydroxylation is 1. The number of benzene rings is 3. The second-order valence-electron chi connectivity index (χ2n) is 6.84. The van der Waals surface area contributed by atoms with Crippen LogP contribution in [-0.2, 0) is 11.4 Å². The smallest absolute Gasteiger partial charge is 0.342 e. The van der Waals surface area contributed by atoms with Gasteiger partial charge in [0.2, 0.25) is 5.89 Å². The van der Waals surface area contributed by atoms with Crippen LogP contribution in [0.15, 0.2) is 75.2 Å². The Bertz CT molecular complexity index is 1290. The molecular formula is C24H20N2O5S. The van der Waals surface area contributed by atoms with Crippen LogP contribution < -0.4 is 9.47 Å². The highest BCUT2D eigenvalue weighted by molar-refractivity contribution is 8.03. The molecule has 1 heterocycles. The molecule has 7 nitrogen and oxygen atoms in total. The summed E-state index contributed by atoms with van der Waals surface area (Å²) in [5.74, 6) is 0.338.